The number of esters is 3. The van der Waals surface area contributed by atoms with Crippen molar-refractivity contribution in [3.8, 4) is 0 Å². The number of carbonyl (C=O) groups is 3. The summed E-state index contributed by atoms with van der Waals surface area (Å²) in [6, 6.07) is 0. The van der Waals surface area contributed by atoms with E-state index in [9.17, 15) is 14.4 Å². The molecule has 0 bridgehead atoms. The summed E-state index contributed by atoms with van der Waals surface area (Å²) in [7, 11) is 0. The zero-order valence-corrected chi connectivity index (χ0v) is 19.0. The summed E-state index contributed by atoms with van der Waals surface area (Å²) in [5.74, 6) is -1.70. The molecular weight excluding hydrogens is 392 g/mol. The van der Waals surface area contributed by atoms with Crippen LogP contribution in [0.4, 0.5) is 0 Å². The van der Waals surface area contributed by atoms with Gasteiger partial charge in [-0.3, -0.25) is 14.4 Å². The van der Waals surface area contributed by atoms with Crippen LogP contribution in [0.25, 0.3) is 0 Å². The molecule has 1 rings (SSSR count). The van der Waals surface area contributed by atoms with Gasteiger partial charge in [-0.15, -0.1) is 0 Å². The molecule has 1 saturated heterocycles. The summed E-state index contributed by atoms with van der Waals surface area (Å²) in [6.07, 6.45) is 4.86. The van der Waals surface area contributed by atoms with Gasteiger partial charge in [0.25, 0.3) is 0 Å². The molecule has 0 aromatic heterocycles. The van der Waals surface area contributed by atoms with Gasteiger partial charge < -0.3 is 23.7 Å². The average molecular weight is 431 g/mol. The van der Waals surface area contributed by atoms with Crippen molar-refractivity contribution >= 4 is 17.9 Å². The van der Waals surface area contributed by atoms with Crippen molar-refractivity contribution in [2.24, 2.45) is 0 Å². The van der Waals surface area contributed by atoms with Crippen molar-refractivity contribution < 1.29 is 38.1 Å². The lowest BCUT2D eigenvalue weighted by atomic mass is 9.99. The fraction of sp³-hybridized carbons (Fsp3) is 0.864. The highest BCUT2D eigenvalue weighted by atomic mass is 16.7. The lowest BCUT2D eigenvalue weighted by Crippen LogP contribution is -2.61. The highest BCUT2D eigenvalue weighted by Gasteiger charge is 2.50. The molecule has 1 aliphatic rings. The van der Waals surface area contributed by atoms with E-state index in [1.165, 1.54) is 52.9 Å². The van der Waals surface area contributed by atoms with Gasteiger partial charge in [-0.2, -0.15) is 0 Å². The van der Waals surface area contributed by atoms with Gasteiger partial charge >= 0.3 is 17.9 Å². The van der Waals surface area contributed by atoms with E-state index in [0.717, 1.165) is 19.3 Å². The van der Waals surface area contributed by atoms with Gasteiger partial charge in [0, 0.05) is 27.4 Å². The third kappa shape index (κ3) is 9.89. The first kappa shape index (κ1) is 26.4. The lowest BCUT2D eigenvalue weighted by Gasteiger charge is -2.43. The SMILES string of the molecule is CCCCCCCCCCO[C@@H]1O[C@@H](C)[C@H](OC(C)=O)[C@@H](OC(C)=O)[C@H]1OC(C)=O. The smallest absolute Gasteiger partial charge is 0.303 e. The Bertz CT molecular complexity index is 535. The molecule has 0 aromatic carbocycles. The summed E-state index contributed by atoms with van der Waals surface area (Å²) in [6.45, 7) is 8.07. The number of carbonyl (C=O) groups excluding carboxylic acids is 3. The zero-order valence-electron chi connectivity index (χ0n) is 19.0. The molecule has 5 atom stereocenters. The number of ether oxygens (including phenoxy) is 5. The molecule has 0 radical (unpaired) electrons. The van der Waals surface area contributed by atoms with E-state index in [0.29, 0.717) is 6.61 Å². The van der Waals surface area contributed by atoms with Crippen molar-refractivity contribution in [2.75, 3.05) is 6.61 Å². The summed E-state index contributed by atoms with van der Waals surface area (Å²) < 4.78 is 27.7. The Morgan fingerprint density at radius 3 is 1.70 bits per heavy atom. The second-order valence-corrected chi connectivity index (χ2v) is 7.78. The molecule has 0 amide bonds. The Hall–Kier alpha value is -1.67. The predicted molar refractivity (Wildman–Crippen MR) is 110 cm³/mol. The Labute approximate surface area is 179 Å². The molecule has 0 unspecified atom stereocenters. The highest BCUT2D eigenvalue weighted by molar-refractivity contribution is 5.68. The maximum absolute atomic E-state index is 11.6. The molecule has 0 aliphatic carbocycles. The molecule has 1 heterocycles. The Morgan fingerprint density at radius 1 is 0.700 bits per heavy atom. The van der Waals surface area contributed by atoms with Crippen LogP contribution in [-0.4, -0.2) is 55.2 Å². The van der Waals surface area contributed by atoms with Crippen LogP contribution in [0.2, 0.25) is 0 Å². The van der Waals surface area contributed by atoms with Crippen LogP contribution < -0.4 is 0 Å². The van der Waals surface area contributed by atoms with Crippen LogP contribution >= 0.6 is 0 Å². The molecule has 0 N–H and O–H groups in total. The predicted octanol–water partition coefficient (Wildman–Crippen LogP) is 3.68. The maximum Gasteiger partial charge on any atom is 0.303 e. The minimum atomic E-state index is -1.03. The van der Waals surface area contributed by atoms with Crippen molar-refractivity contribution in [1.82, 2.24) is 0 Å². The van der Waals surface area contributed by atoms with E-state index < -0.39 is 48.6 Å². The Kier molecular flexibility index (Phi) is 12.6. The van der Waals surface area contributed by atoms with Crippen LogP contribution in [0.5, 0.6) is 0 Å². The normalized spacial score (nSPS) is 26.1. The number of hydrogen-bond donors (Lipinski definition) is 0. The molecule has 1 aliphatic heterocycles. The van der Waals surface area contributed by atoms with Crippen LogP contribution in [0.3, 0.4) is 0 Å². The second-order valence-electron chi connectivity index (χ2n) is 7.78. The average Bonchev–Trinajstić information content (AvgIpc) is 2.65. The Morgan fingerprint density at radius 2 is 1.17 bits per heavy atom. The van der Waals surface area contributed by atoms with E-state index in [-0.39, 0.29) is 0 Å². The summed E-state index contributed by atoms with van der Waals surface area (Å²) in [4.78, 5) is 34.8. The molecule has 0 saturated carbocycles. The third-order valence-corrected chi connectivity index (χ3v) is 4.91. The quantitative estimate of drug-likeness (QED) is 0.248. The highest BCUT2D eigenvalue weighted by Crippen LogP contribution is 2.29. The van der Waals surface area contributed by atoms with Gasteiger partial charge in [0.05, 0.1) is 6.10 Å². The van der Waals surface area contributed by atoms with Crippen molar-refractivity contribution in [3.05, 3.63) is 0 Å². The van der Waals surface area contributed by atoms with Gasteiger partial charge in [0.2, 0.25) is 0 Å². The van der Waals surface area contributed by atoms with Crippen LogP contribution in [0.15, 0.2) is 0 Å². The molecular formula is C22H38O8. The van der Waals surface area contributed by atoms with Gasteiger partial charge in [0.1, 0.15) is 0 Å². The molecule has 8 nitrogen and oxygen atoms in total. The largest absolute Gasteiger partial charge is 0.456 e. The van der Waals surface area contributed by atoms with Crippen molar-refractivity contribution in [1.29, 1.82) is 0 Å². The molecule has 0 aromatic rings. The third-order valence-electron chi connectivity index (χ3n) is 4.91. The van der Waals surface area contributed by atoms with Crippen LogP contribution in [0, 0.1) is 0 Å². The lowest BCUT2D eigenvalue weighted by molar-refractivity contribution is -0.300. The zero-order chi connectivity index (χ0) is 22.5. The van der Waals surface area contributed by atoms with E-state index in [2.05, 4.69) is 6.92 Å². The van der Waals surface area contributed by atoms with E-state index in [4.69, 9.17) is 23.7 Å². The summed E-state index contributed by atoms with van der Waals surface area (Å²) >= 11 is 0. The molecule has 1 fully saturated rings. The van der Waals surface area contributed by atoms with Crippen molar-refractivity contribution in [3.63, 3.8) is 0 Å². The second kappa shape index (κ2) is 14.4. The molecule has 30 heavy (non-hydrogen) atoms. The van der Waals surface area contributed by atoms with E-state index in [1.54, 1.807) is 6.92 Å². The summed E-state index contributed by atoms with van der Waals surface area (Å²) in [5.41, 5.74) is 0. The summed E-state index contributed by atoms with van der Waals surface area (Å²) in [5, 5.41) is 0. The first-order chi connectivity index (χ1) is 14.3. The maximum atomic E-state index is 11.6. The fourth-order valence-corrected chi connectivity index (χ4v) is 3.54. The topological polar surface area (TPSA) is 97.4 Å². The van der Waals surface area contributed by atoms with E-state index >= 15 is 0 Å². The fourth-order valence-electron chi connectivity index (χ4n) is 3.54. The van der Waals surface area contributed by atoms with Gasteiger partial charge in [-0.1, -0.05) is 51.9 Å². The molecule has 174 valence electrons. The standard InChI is InChI=1S/C22H38O8/c1-6-7-8-9-10-11-12-13-14-26-22-21(30-18(5)25)20(29-17(4)24)19(15(2)27-22)28-16(3)23/h15,19-22H,6-14H2,1-5H3/t15-,19-,20+,21+,22+/m0/s1. The van der Waals surface area contributed by atoms with Crippen molar-refractivity contribution in [2.45, 2.75) is 117 Å². The van der Waals surface area contributed by atoms with E-state index in [1.807, 2.05) is 0 Å². The molecule has 8 heteroatoms. The van der Waals surface area contributed by atoms with Crippen LogP contribution in [-0.2, 0) is 38.1 Å². The van der Waals surface area contributed by atoms with Gasteiger partial charge in [-0.25, -0.2) is 0 Å². The monoisotopic (exact) mass is 430 g/mol. The number of unbranched alkanes of at least 4 members (excludes halogenated alkanes) is 7. The van der Waals surface area contributed by atoms with Crippen LogP contribution in [0.1, 0.15) is 86.0 Å². The minimum absolute atomic E-state index is 0.426. The first-order valence-electron chi connectivity index (χ1n) is 11.0. The van der Waals surface area contributed by atoms with Gasteiger partial charge in [0.15, 0.2) is 24.6 Å². The first-order valence-corrected chi connectivity index (χ1v) is 11.0. The molecule has 0 spiro atoms. The Balaban J connectivity index is 2.66. The number of hydrogen-bond acceptors (Lipinski definition) is 8. The minimum Gasteiger partial charge on any atom is -0.456 e. The van der Waals surface area contributed by atoms with Gasteiger partial charge in [-0.05, 0) is 13.3 Å². The number of rotatable bonds is 13.